The molecule has 2 unspecified atom stereocenters. The molecule has 0 saturated carbocycles. The zero-order valence-electron chi connectivity index (χ0n) is 33.0. The van der Waals surface area contributed by atoms with Crippen LogP contribution >= 0.6 is 0 Å². The monoisotopic (exact) mass is 735 g/mol. The van der Waals surface area contributed by atoms with Crippen LogP contribution in [0.5, 0.6) is 0 Å². The number of benzene rings is 2. The highest BCUT2D eigenvalue weighted by atomic mass is 16.6. The van der Waals surface area contributed by atoms with Crippen molar-refractivity contribution in [3.05, 3.63) is 59.2 Å². The molecule has 0 aliphatic heterocycles. The number of esters is 2. The summed E-state index contributed by atoms with van der Waals surface area (Å²) in [7, 11) is 0. The Labute approximate surface area is 317 Å². The molecule has 53 heavy (non-hydrogen) atoms. The van der Waals surface area contributed by atoms with Crippen molar-refractivity contribution in [3.8, 4) is 11.1 Å². The van der Waals surface area contributed by atoms with Gasteiger partial charge in [-0.15, -0.1) is 0 Å². The minimum Gasteiger partial charge on any atom is -0.481 e. The van der Waals surface area contributed by atoms with Gasteiger partial charge in [0.1, 0.15) is 30.8 Å². The smallest absolute Gasteiger partial charge is 0.408 e. The van der Waals surface area contributed by atoms with E-state index in [0.29, 0.717) is 6.42 Å². The molecular weight excluding hydrogens is 670 g/mol. The Morgan fingerprint density at radius 1 is 0.755 bits per heavy atom. The van der Waals surface area contributed by atoms with Crippen LogP contribution in [0, 0.1) is 11.3 Å². The van der Waals surface area contributed by atoms with Gasteiger partial charge in [-0.25, -0.2) is 9.59 Å². The van der Waals surface area contributed by atoms with Crippen molar-refractivity contribution >= 4 is 24.0 Å². The fraction of sp³-hybridized carbons (Fsp3) is 0.636. The molecule has 0 aromatic heterocycles. The van der Waals surface area contributed by atoms with Crippen LogP contribution < -0.4 is 5.32 Å². The molecule has 1 aliphatic rings. The summed E-state index contributed by atoms with van der Waals surface area (Å²) >= 11 is 0. The molecule has 0 spiro atoms. The number of amides is 1. The zero-order valence-corrected chi connectivity index (χ0v) is 33.0. The Bertz CT molecular complexity index is 1450. The lowest BCUT2D eigenvalue weighted by Crippen LogP contribution is -2.49. The van der Waals surface area contributed by atoms with Crippen LogP contribution in [0.15, 0.2) is 42.5 Å². The van der Waals surface area contributed by atoms with Crippen molar-refractivity contribution in [3.63, 3.8) is 0 Å². The van der Waals surface area contributed by atoms with E-state index in [1.165, 1.54) is 95.6 Å². The molecule has 2 aromatic rings. The van der Waals surface area contributed by atoms with Crippen molar-refractivity contribution in [2.24, 2.45) is 11.3 Å². The third-order valence-corrected chi connectivity index (χ3v) is 10.7. The average Bonchev–Trinajstić information content (AvgIpc) is 3.52. The van der Waals surface area contributed by atoms with Crippen molar-refractivity contribution in [1.29, 1.82) is 0 Å². The van der Waals surface area contributed by atoms with Crippen LogP contribution in [0.25, 0.3) is 11.1 Å². The summed E-state index contributed by atoms with van der Waals surface area (Å²) in [5.74, 6) is -2.89. The van der Waals surface area contributed by atoms with Crippen LogP contribution in [0.4, 0.5) is 4.79 Å². The lowest BCUT2D eigenvalue weighted by molar-refractivity contribution is -0.175. The molecule has 0 fully saturated rings. The Kier molecular flexibility index (Phi) is 18.9. The lowest BCUT2D eigenvalue weighted by atomic mass is 9.86. The number of unbranched alkanes of at least 4 members (excludes halogenated alkanes) is 14. The van der Waals surface area contributed by atoms with E-state index in [4.69, 9.17) is 14.2 Å². The molecular formula is C44H65NO8. The first kappa shape index (κ1) is 43.5. The number of nitrogens with one attached hydrogen (secondary N) is 1. The number of carbonyl (C=O) groups excluding carboxylic acids is 3. The predicted molar refractivity (Wildman–Crippen MR) is 208 cm³/mol. The Balaban J connectivity index is 1.35. The Hall–Kier alpha value is -3.88. The number of ether oxygens (including phenoxy) is 3. The highest BCUT2D eigenvalue weighted by Gasteiger charge is 2.44. The van der Waals surface area contributed by atoms with Crippen LogP contribution in [0.1, 0.15) is 154 Å². The molecule has 1 amide bonds. The normalized spacial score (nSPS) is 14.1. The van der Waals surface area contributed by atoms with E-state index in [2.05, 4.69) is 30.4 Å². The first-order valence-electron chi connectivity index (χ1n) is 20.2. The largest absolute Gasteiger partial charge is 0.481 e. The highest BCUT2D eigenvalue weighted by molar-refractivity contribution is 5.83. The molecule has 2 N–H and O–H groups in total. The maximum absolute atomic E-state index is 13.2. The standard InChI is InChI=1S/C44H65NO8/c1-6-7-8-9-10-11-12-13-14-15-16-17-18-19-20-28-39(46)53-33(4)44(5,42(48)49)31-52-41(47)40(32(2)3)45-43(50)51-30-35-25-23-27-37-36-26-22-21-24-34(36)29-38(35)37/h21-27,32-33,40H,6-20,28-31H2,1-5H3,(H,45,50)(H,48,49)/t33?,40-,44?/m0/s1. The number of carboxylic acids is 1. The predicted octanol–water partition coefficient (Wildman–Crippen LogP) is 10.3. The van der Waals surface area contributed by atoms with Gasteiger partial charge in [-0.2, -0.15) is 0 Å². The lowest BCUT2D eigenvalue weighted by Gasteiger charge is -2.31. The molecule has 1 aliphatic carbocycles. The highest BCUT2D eigenvalue weighted by Crippen LogP contribution is 2.38. The number of carbonyl (C=O) groups is 4. The molecule has 3 atom stereocenters. The number of carboxylic acid groups (broad SMARTS) is 1. The third-order valence-electron chi connectivity index (χ3n) is 10.7. The minimum atomic E-state index is -1.69. The Morgan fingerprint density at radius 2 is 1.32 bits per heavy atom. The van der Waals surface area contributed by atoms with E-state index in [9.17, 15) is 24.3 Å². The summed E-state index contributed by atoms with van der Waals surface area (Å²) in [5, 5.41) is 12.7. The van der Waals surface area contributed by atoms with Gasteiger partial charge in [-0.1, -0.05) is 153 Å². The molecule has 294 valence electrons. The number of hydrogen-bond donors (Lipinski definition) is 2. The molecule has 9 nitrogen and oxygen atoms in total. The van der Waals surface area contributed by atoms with Gasteiger partial charge in [0.15, 0.2) is 0 Å². The maximum Gasteiger partial charge on any atom is 0.408 e. The van der Waals surface area contributed by atoms with Gasteiger partial charge in [-0.3, -0.25) is 9.59 Å². The van der Waals surface area contributed by atoms with Gasteiger partial charge < -0.3 is 24.6 Å². The third kappa shape index (κ3) is 14.1. The van der Waals surface area contributed by atoms with Crippen LogP contribution in [0.2, 0.25) is 0 Å². The topological polar surface area (TPSA) is 128 Å². The maximum atomic E-state index is 13.2. The van der Waals surface area contributed by atoms with Gasteiger partial charge in [0.05, 0.1) is 0 Å². The molecule has 0 radical (unpaired) electrons. The molecule has 2 aromatic carbocycles. The van der Waals surface area contributed by atoms with E-state index in [1.807, 2.05) is 24.3 Å². The van der Waals surface area contributed by atoms with Crippen LogP contribution in [-0.2, 0) is 41.6 Å². The number of alkyl carbamates (subject to hydrolysis) is 1. The number of hydrogen-bond acceptors (Lipinski definition) is 7. The summed E-state index contributed by atoms with van der Waals surface area (Å²) in [6.45, 7) is 8.12. The van der Waals surface area contributed by atoms with Gasteiger partial charge >= 0.3 is 24.0 Å². The SMILES string of the molecule is CCCCCCCCCCCCCCCCCC(=O)OC(C)C(C)(COC(=O)[C@@H](NC(=O)OCc1cccc2c1Cc1ccccc1-2)C(C)C)C(=O)O. The van der Waals surface area contributed by atoms with Crippen molar-refractivity contribution in [1.82, 2.24) is 5.32 Å². The number of fused-ring (bicyclic) bond motifs is 3. The second-order valence-electron chi connectivity index (χ2n) is 15.4. The zero-order chi connectivity index (χ0) is 38.6. The first-order valence-corrected chi connectivity index (χ1v) is 20.2. The second kappa shape index (κ2) is 23.0. The van der Waals surface area contributed by atoms with Gasteiger partial charge in [-0.05, 0) is 60.4 Å². The van der Waals surface area contributed by atoms with E-state index in [-0.39, 0.29) is 18.9 Å². The van der Waals surface area contributed by atoms with E-state index >= 15 is 0 Å². The molecule has 0 saturated heterocycles. The Morgan fingerprint density at radius 3 is 1.91 bits per heavy atom. The molecule has 3 rings (SSSR count). The summed E-state index contributed by atoms with van der Waals surface area (Å²) < 4.78 is 16.5. The first-order chi connectivity index (χ1) is 25.5. The summed E-state index contributed by atoms with van der Waals surface area (Å²) in [4.78, 5) is 51.0. The van der Waals surface area contributed by atoms with E-state index < -0.39 is 48.2 Å². The van der Waals surface area contributed by atoms with Gasteiger partial charge in [0.25, 0.3) is 0 Å². The van der Waals surface area contributed by atoms with Crippen LogP contribution in [0.3, 0.4) is 0 Å². The second-order valence-corrected chi connectivity index (χ2v) is 15.4. The fourth-order valence-corrected chi connectivity index (χ4v) is 6.86. The van der Waals surface area contributed by atoms with Gasteiger partial charge in [0, 0.05) is 6.42 Å². The fourth-order valence-electron chi connectivity index (χ4n) is 6.86. The summed E-state index contributed by atoms with van der Waals surface area (Å²) in [6, 6.07) is 13.0. The van der Waals surface area contributed by atoms with E-state index in [0.717, 1.165) is 42.4 Å². The number of aliphatic carboxylic acids is 1. The summed E-state index contributed by atoms with van der Waals surface area (Å²) in [6.07, 6.45) is 17.5. The van der Waals surface area contributed by atoms with Crippen molar-refractivity contribution < 1.29 is 38.5 Å². The minimum absolute atomic E-state index is 0.0300. The van der Waals surface area contributed by atoms with Crippen LogP contribution in [-0.4, -0.2) is 47.9 Å². The molecule has 9 heteroatoms. The molecule has 0 bridgehead atoms. The summed E-state index contributed by atoms with van der Waals surface area (Å²) in [5.41, 5.74) is 3.83. The van der Waals surface area contributed by atoms with Crippen molar-refractivity contribution in [2.45, 2.75) is 163 Å². The number of rotatable bonds is 26. The van der Waals surface area contributed by atoms with Gasteiger partial charge in [0.2, 0.25) is 0 Å². The van der Waals surface area contributed by atoms with Crippen molar-refractivity contribution in [2.75, 3.05) is 6.61 Å². The molecule has 0 heterocycles. The van der Waals surface area contributed by atoms with E-state index in [1.54, 1.807) is 13.8 Å². The quantitative estimate of drug-likeness (QED) is 0.0474. The average molecular weight is 736 g/mol.